The normalized spacial score (nSPS) is 16.0. The van der Waals surface area contributed by atoms with Gasteiger partial charge in [0, 0.05) is 43.7 Å². The van der Waals surface area contributed by atoms with Crippen molar-refractivity contribution in [3.05, 3.63) is 61.8 Å². The number of rotatable bonds is 6. The van der Waals surface area contributed by atoms with Gasteiger partial charge in [0.2, 0.25) is 10.0 Å². The smallest absolute Gasteiger partial charge is 0.270 e. The zero-order valence-corrected chi connectivity index (χ0v) is 18.7. The van der Waals surface area contributed by atoms with Crippen molar-refractivity contribution < 1.29 is 13.3 Å². The van der Waals surface area contributed by atoms with Crippen molar-refractivity contribution in [2.24, 2.45) is 0 Å². The highest BCUT2D eigenvalue weighted by molar-refractivity contribution is 7.89. The van der Waals surface area contributed by atoms with Crippen molar-refractivity contribution in [2.75, 3.05) is 26.2 Å². The summed E-state index contributed by atoms with van der Waals surface area (Å²) in [6.07, 6.45) is 0. The van der Waals surface area contributed by atoms with Gasteiger partial charge < -0.3 is 0 Å². The van der Waals surface area contributed by atoms with Gasteiger partial charge in [0.15, 0.2) is 0 Å². The highest BCUT2D eigenvalue weighted by Crippen LogP contribution is 2.28. The maximum absolute atomic E-state index is 13.1. The maximum Gasteiger partial charge on any atom is 0.270 e. The molecule has 158 valence electrons. The minimum atomic E-state index is -3.78. The summed E-state index contributed by atoms with van der Waals surface area (Å²) < 4.78 is 27.5. The molecule has 0 radical (unpaired) electrons. The Bertz CT molecular complexity index is 1150. The Morgan fingerprint density at radius 3 is 2.60 bits per heavy atom. The highest BCUT2D eigenvalue weighted by Gasteiger charge is 2.31. The number of nitrogens with zero attached hydrogens (tertiary/aromatic N) is 4. The summed E-state index contributed by atoms with van der Waals surface area (Å²) in [6.45, 7) is 4.18. The quantitative estimate of drug-likeness (QED) is 0.409. The number of thiazole rings is 1. The molecular formula is C19H20N4O4S3. The number of non-ortho nitro benzene ring substituents is 1. The third-order valence-corrected chi connectivity index (χ3v) is 8.78. The lowest BCUT2D eigenvalue weighted by Crippen LogP contribution is -2.48. The fourth-order valence-corrected chi connectivity index (χ4v) is 6.62. The van der Waals surface area contributed by atoms with Crippen LogP contribution in [0.5, 0.6) is 0 Å². The lowest BCUT2D eigenvalue weighted by molar-refractivity contribution is -0.385. The van der Waals surface area contributed by atoms with Crippen LogP contribution in [0.15, 0.2) is 46.0 Å². The maximum atomic E-state index is 13.1. The molecule has 3 aromatic rings. The first-order valence-electron chi connectivity index (χ1n) is 9.30. The van der Waals surface area contributed by atoms with Gasteiger partial charge in [0.25, 0.3) is 5.69 Å². The molecule has 1 aliphatic heterocycles. The van der Waals surface area contributed by atoms with Crippen molar-refractivity contribution in [3.8, 4) is 10.6 Å². The van der Waals surface area contributed by atoms with Crippen molar-refractivity contribution in [2.45, 2.75) is 18.4 Å². The molecule has 1 fully saturated rings. The van der Waals surface area contributed by atoms with Gasteiger partial charge in [-0.15, -0.1) is 22.7 Å². The number of nitro benzene ring substituents is 1. The van der Waals surface area contributed by atoms with Crippen LogP contribution < -0.4 is 0 Å². The van der Waals surface area contributed by atoms with E-state index >= 15 is 0 Å². The van der Waals surface area contributed by atoms with Crippen molar-refractivity contribution in [1.29, 1.82) is 0 Å². The lowest BCUT2D eigenvalue weighted by atomic mass is 10.2. The Balaban J connectivity index is 1.42. The van der Waals surface area contributed by atoms with Crippen LogP contribution in [-0.4, -0.2) is 53.7 Å². The fraction of sp³-hybridized carbons (Fsp3) is 0.316. The summed E-state index contributed by atoms with van der Waals surface area (Å²) in [7, 11) is -3.78. The minimum Gasteiger partial charge on any atom is -0.294 e. The summed E-state index contributed by atoms with van der Waals surface area (Å²) in [6, 6.07) is 8.00. The van der Waals surface area contributed by atoms with E-state index in [1.54, 1.807) is 29.6 Å². The van der Waals surface area contributed by atoms with Gasteiger partial charge in [-0.2, -0.15) is 4.31 Å². The first-order valence-corrected chi connectivity index (χ1v) is 12.5. The van der Waals surface area contributed by atoms with E-state index in [1.807, 2.05) is 22.9 Å². The zero-order chi connectivity index (χ0) is 21.3. The van der Waals surface area contributed by atoms with Crippen molar-refractivity contribution >= 4 is 38.4 Å². The fourth-order valence-electron chi connectivity index (χ4n) is 3.36. The number of benzene rings is 1. The molecule has 0 N–H and O–H groups in total. The average molecular weight is 465 g/mol. The van der Waals surface area contributed by atoms with Gasteiger partial charge in [0.1, 0.15) is 5.01 Å². The number of nitro groups is 1. The van der Waals surface area contributed by atoms with Gasteiger partial charge >= 0.3 is 0 Å². The van der Waals surface area contributed by atoms with E-state index in [2.05, 4.69) is 4.90 Å². The molecule has 11 heteroatoms. The molecule has 0 atom stereocenters. The Morgan fingerprint density at radius 1 is 1.17 bits per heavy atom. The summed E-state index contributed by atoms with van der Waals surface area (Å²) >= 11 is 3.26. The van der Waals surface area contributed by atoms with Crippen LogP contribution in [0.3, 0.4) is 0 Å². The van der Waals surface area contributed by atoms with Gasteiger partial charge in [-0.25, -0.2) is 13.4 Å². The van der Waals surface area contributed by atoms with Crippen LogP contribution >= 0.6 is 22.7 Å². The number of thiophene rings is 1. The van der Waals surface area contributed by atoms with Crippen molar-refractivity contribution in [3.63, 3.8) is 0 Å². The second kappa shape index (κ2) is 8.52. The van der Waals surface area contributed by atoms with Crippen LogP contribution in [0, 0.1) is 17.0 Å². The van der Waals surface area contributed by atoms with Crippen LogP contribution in [0.1, 0.15) is 10.6 Å². The zero-order valence-electron chi connectivity index (χ0n) is 16.2. The number of sulfonamides is 1. The number of piperazine rings is 1. The Labute approximate surface area is 182 Å². The molecule has 3 heterocycles. The second-order valence-corrected chi connectivity index (χ2v) is 10.8. The van der Waals surface area contributed by atoms with Gasteiger partial charge in [-0.3, -0.25) is 15.0 Å². The number of hydrogen-bond acceptors (Lipinski definition) is 8. The average Bonchev–Trinajstić information content (AvgIpc) is 3.40. The summed E-state index contributed by atoms with van der Waals surface area (Å²) in [4.78, 5) is 18.5. The summed E-state index contributed by atoms with van der Waals surface area (Å²) in [5.74, 6) is 0. The van der Waals surface area contributed by atoms with Crippen LogP contribution in [0.2, 0.25) is 0 Å². The molecule has 0 aliphatic carbocycles. The molecule has 1 saturated heterocycles. The molecule has 30 heavy (non-hydrogen) atoms. The molecule has 0 saturated carbocycles. The van der Waals surface area contributed by atoms with E-state index in [1.165, 1.54) is 16.4 Å². The second-order valence-electron chi connectivity index (χ2n) is 6.99. The van der Waals surface area contributed by atoms with E-state index in [0.29, 0.717) is 38.3 Å². The standard InChI is InChI=1S/C19H20N4O4S3/c1-14-4-5-15(23(24)25)11-18(14)30(26,27)22-8-6-21(7-9-22)12-19-20-16(13-29-19)17-3-2-10-28-17/h2-5,10-11,13H,6-9,12H2,1H3. The topological polar surface area (TPSA) is 96.6 Å². The molecule has 4 rings (SSSR count). The predicted octanol–water partition coefficient (Wildman–Crippen LogP) is 3.59. The number of aromatic nitrogens is 1. The van der Waals surface area contributed by atoms with E-state index < -0.39 is 14.9 Å². The molecule has 2 aromatic heterocycles. The number of hydrogen-bond donors (Lipinski definition) is 0. The molecule has 0 bridgehead atoms. The van der Waals surface area contributed by atoms with E-state index in [-0.39, 0.29) is 10.6 Å². The van der Waals surface area contributed by atoms with Gasteiger partial charge in [-0.1, -0.05) is 12.1 Å². The Morgan fingerprint density at radius 2 is 1.93 bits per heavy atom. The Kier molecular flexibility index (Phi) is 5.98. The first kappa shape index (κ1) is 21.1. The highest BCUT2D eigenvalue weighted by atomic mass is 32.2. The molecule has 1 aromatic carbocycles. The van der Waals surface area contributed by atoms with Gasteiger partial charge in [0.05, 0.1) is 26.9 Å². The van der Waals surface area contributed by atoms with Crippen molar-refractivity contribution in [1.82, 2.24) is 14.2 Å². The van der Waals surface area contributed by atoms with Crippen LogP contribution in [0.25, 0.3) is 10.6 Å². The summed E-state index contributed by atoms with van der Waals surface area (Å²) in [5.41, 5.74) is 1.27. The monoisotopic (exact) mass is 464 g/mol. The third-order valence-electron chi connectivity index (χ3n) is 5.02. The molecule has 8 nitrogen and oxygen atoms in total. The van der Waals surface area contributed by atoms with Crippen LogP contribution in [-0.2, 0) is 16.6 Å². The largest absolute Gasteiger partial charge is 0.294 e. The van der Waals surface area contributed by atoms with E-state index in [0.717, 1.165) is 21.6 Å². The predicted molar refractivity (Wildman–Crippen MR) is 117 cm³/mol. The molecular weight excluding hydrogens is 444 g/mol. The third kappa shape index (κ3) is 4.30. The van der Waals surface area contributed by atoms with Crippen LogP contribution in [0.4, 0.5) is 5.69 Å². The Hall–Kier alpha value is -2.18. The molecule has 0 unspecified atom stereocenters. The first-order chi connectivity index (χ1) is 14.3. The minimum absolute atomic E-state index is 0.00524. The molecule has 1 aliphatic rings. The van der Waals surface area contributed by atoms with Gasteiger partial charge in [-0.05, 0) is 23.9 Å². The molecule has 0 amide bonds. The lowest BCUT2D eigenvalue weighted by Gasteiger charge is -2.33. The molecule has 0 spiro atoms. The summed E-state index contributed by atoms with van der Waals surface area (Å²) in [5, 5.41) is 16.1. The van der Waals surface area contributed by atoms with E-state index in [9.17, 15) is 18.5 Å². The number of aryl methyl sites for hydroxylation is 1. The SMILES string of the molecule is Cc1ccc([N+](=O)[O-])cc1S(=O)(=O)N1CCN(Cc2nc(-c3cccs3)cs2)CC1. The van der Waals surface area contributed by atoms with E-state index in [4.69, 9.17) is 4.98 Å².